The van der Waals surface area contributed by atoms with Crippen LogP contribution in [0.3, 0.4) is 0 Å². The van der Waals surface area contributed by atoms with E-state index in [4.69, 9.17) is 4.99 Å². The molecule has 4 rings (SSSR count). The molecular weight excluding hydrogens is 222 g/mol. The Labute approximate surface area is 107 Å². The molecule has 3 heteroatoms. The molecule has 0 N–H and O–H groups in total. The third kappa shape index (κ3) is 1.17. The van der Waals surface area contributed by atoms with Gasteiger partial charge in [0.05, 0.1) is 5.69 Å². The highest BCUT2D eigenvalue weighted by Gasteiger charge is 2.28. The third-order valence-corrected chi connectivity index (χ3v) is 4.18. The highest BCUT2D eigenvalue weighted by molar-refractivity contribution is 6.06. The fourth-order valence-corrected chi connectivity index (χ4v) is 3.28. The van der Waals surface area contributed by atoms with Crippen LogP contribution < -0.4 is 0 Å². The molecule has 92 valence electrons. The standard InChI is InChI=1S/C15H17N3/c1-10-3-4-13-12(9-10)11-5-6-16-15-14(11)18(13)8-7-17(15)2/h3-4,9H,5-8H2,1-2H3. The Kier molecular flexibility index (Phi) is 1.91. The van der Waals surface area contributed by atoms with E-state index in [0.29, 0.717) is 0 Å². The van der Waals surface area contributed by atoms with Crippen molar-refractivity contribution >= 4 is 16.7 Å². The van der Waals surface area contributed by atoms with E-state index in [0.717, 1.165) is 26.1 Å². The first kappa shape index (κ1) is 10.2. The van der Waals surface area contributed by atoms with Crippen LogP contribution in [0.2, 0.25) is 0 Å². The second kappa shape index (κ2) is 3.37. The van der Waals surface area contributed by atoms with Gasteiger partial charge in [-0.25, -0.2) is 0 Å². The summed E-state index contributed by atoms with van der Waals surface area (Å²) in [7, 11) is 2.15. The molecule has 2 aliphatic heterocycles. The van der Waals surface area contributed by atoms with Gasteiger partial charge in [-0.2, -0.15) is 0 Å². The summed E-state index contributed by atoms with van der Waals surface area (Å²) >= 11 is 0. The van der Waals surface area contributed by atoms with Crippen LogP contribution >= 0.6 is 0 Å². The van der Waals surface area contributed by atoms with E-state index in [1.165, 1.54) is 33.6 Å². The number of rotatable bonds is 0. The lowest BCUT2D eigenvalue weighted by Gasteiger charge is -2.31. The molecule has 0 saturated carbocycles. The molecule has 2 aromatic rings. The van der Waals surface area contributed by atoms with Crippen LogP contribution in [0.4, 0.5) is 0 Å². The summed E-state index contributed by atoms with van der Waals surface area (Å²) in [5.74, 6) is 1.19. The number of fused-ring (bicyclic) bond motifs is 3. The number of nitrogens with zero attached hydrogens (tertiary/aromatic N) is 3. The van der Waals surface area contributed by atoms with Gasteiger partial charge in [-0.15, -0.1) is 0 Å². The lowest BCUT2D eigenvalue weighted by Crippen LogP contribution is -2.39. The molecule has 0 bridgehead atoms. The van der Waals surface area contributed by atoms with E-state index >= 15 is 0 Å². The maximum absolute atomic E-state index is 4.72. The minimum absolute atomic E-state index is 0.930. The van der Waals surface area contributed by atoms with Crippen LogP contribution in [0.5, 0.6) is 0 Å². The highest BCUT2D eigenvalue weighted by Crippen LogP contribution is 2.32. The first-order chi connectivity index (χ1) is 8.75. The van der Waals surface area contributed by atoms with Crippen molar-refractivity contribution in [2.24, 2.45) is 4.99 Å². The van der Waals surface area contributed by atoms with Crippen molar-refractivity contribution in [3.63, 3.8) is 0 Å². The van der Waals surface area contributed by atoms with Crippen molar-refractivity contribution in [2.75, 3.05) is 20.1 Å². The molecule has 0 radical (unpaired) electrons. The van der Waals surface area contributed by atoms with Crippen LogP contribution in [0.15, 0.2) is 23.2 Å². The van der Waals surface area contributed by atoms with Gasteiger partial charge in [-0.1, -0.05) is 11.6 Å². The molecule has 1 aromatic carbocycles. The summed E-state index contributed by atoms with van der Waals surface area (Å²) in [5, 5.41) is 1.44. The van der Waals surface area contributed by atoms with Gasteiger partial charge in [0.2, 0.25) is 0 Å². The molecule has 0 fully saturated rings. The van der Waals surface area contributed by atoms with Crippen LogP contribution in [0, 0.1) is 6.92 Å². The fourth-order valence-electron chi connectivity index (χ4n) is 3.28. The van der Waals surface area contributed by atoms with Gasteiger partial charge in [0.1, 0.15) is 5.84 Å². The number of aryl methyl sites for hydroxylation is 1. The first-order valence-corrected chi connectivity index (χ1v) is 6.63. The number of hydrogen-bond acceptors (Lipinski definition) is 2. The average Bonchev–Trinajstić information content (AvgIpc) is 2.69. The monoisotopic (exact) mass is 239 g/mol. The molecule has 0 unspecified atom stereocenters. The molecule has 1 aromatic heterocycles. The van der Waals surface area contributed by atoms with E-state index in [2.05, 4.69) is 41.6 Å². The first-order valence-electron chi connectivity index (χ1n) is 6.63. The summed E-state index contributed by atoms with van der Waals surface area (Å²) in [6, 6.07) is 6.82. The van der Waals surface area contributed by atoms with Crippen molar-refractivity contribution in [3.8, 4) is 0 Å². The lowest BCUT2D eigenvalue weighted by atomic mass is 10.0. The molecule has 0 saturated heterocycles. The summed E-state index contributed by atoms with van der Waals surface area (Å²) in [5.41, 5.74) is 5.60. The van der Waals surface area contributed by atoms with E-state index < -0.39 is 0 Å². The number of aromatic nitrogens is 1. The van der Waals surface area contributed by atoms with Crippen molar-refractivity contribution in [1.82, 2.24) is 9.47 Å². The molecule has 18 heavy (non-hydrogen) atoms. The van der Waals surface area contributed by atoms with Crippen LogP contribution in [0.25, 0.3) is 10.9 Å². The number of amidine groups is 1. The number of likely N-dealkylation sites (N-methyl/N-ethyl adjacent to an activating group) is 1. The zero-order valence-electron chi connectivity index (χ0n) is 10.9. The Morgan fingerprint density at radius 3 is 3.00 bits per heavy atom. The Morgan fingerprint density at radius 1 is 1.22 bits per heavy atom. The number of hydrogen-bond donors (Lipinski definition) is 0. The van der Waals surface area contributed by atoms with Gasteiger partial charge in [0, 0.05) is 37.6 Å². The van der Waals surface area contributed by atoms with E-state index in [9.17, 15) is 0 Å². The van der Waals surface area contributed by atoms with E-state index in [1.54, 1.807) is 0 Å². The maximum Gasteiger partial charge on any atom is 0.148 e. The molecule has 0 spiro atoms. The Balaban J connectivity index is 2.13. The average molecular weight is 239 g/mol. The Hall–Kier alpha value is -1.77. The molecule has 0 amide bonds. The zero-order chi connectivity index (χ0) is 12.3. The quantitative estimate of drug-likeness (QED) is 0.690. The topological polar surface area (TPSA) is 20.5 Å². The van der Waals surface area contributed by atoms with Crippen LogP contribution in [-0.4, -0.2) is 35.4 Å². The van der Waals surface area contributed by atoms with Crippen molar-refractivity contribution < 1.29 is 0 Å². The molecule has 0 atom stereocenters. The lowest BCUT2D eigenvalue weighted by molar-refractivity contribution is 0.434. The molecule has 3 nitrogen and oxygen atoms in total. The molecule has 0 aliphatic carbocycles. The molecule has 2 aliphatic rings. The highest BCUT2D eigenvalue weighted by atomic mass is 15.2. The van der Waals surface area contributed by atoms with E-state index in [1.807, 2.05) is 0 Å². The van der Waals surface area contributed by atoms with Gasteiger partial charge >= 0.3 is 0 Å². The largest absolute Gasteiger partial charge is 0.356 e. The second-order valence-corrected chi connectivity index (χ2v) is 5.38. The minimum atomic E-state index is 0.930. The minimum Gasteiger partial charge on any atom is -0.356 e. The van der Waals surface area contributed by atoms with Gasteiger partial charge in [-0.3, -0.25) is 4.99 Å². The molecule has 3 heterocycles. The predicted octanol–water partition coefficient (Wildman–Crippen LogP) is 2.20. The number of benzene rings is 1. The van der Waals surface area contributed by atoms with E-state index in [-0.39, 0.29) is 0 Å². The summed E-state index contributed by atoms with van der Waals surface area (Å²) in [4.78, 5) is 7.02. The van der Waals surface area contributed by atoms with Gasteiger partial charge in [0.25, 0.3) is 0 Å². The van der Waals surface area contributed by atoms with Crippen molar-refractivity contribution in [3.05, 3.63) is 35.0 Å². The maximum atomic E-state index is 4.72. The molecular formula is C15H17N3. The van der Waals surface area contributed by atoms with Gasteiger partial charge in [-0.05, 0) is 31.0 Å². The van der Waals surface area contributed by atoms with Crippen LogP contribution in [-0.2, 0) is 13.0 Å². The van der Waals surface area contributed by atoms with Crippen LogP contribution in [0.1, 0.15) is 16.8 Å². The SMILES string of the molecule is Cc1ccc2c(c1)c1c3n2CCN(C)C3=NCC1. The van der Waals surface area contributed by atoms with Crippen molar-refractivity contribution in [1.29, 1.82) is 0 Å². The normalized spacial score (nSPS) is 17.9. The number of aliphatic imine (C=N–C) groups is 1. The predicted molar refractivity (Wildman–Crippen MR) is 74.4 cm³/mol. The smallest absolute Gasteiger partial charge is 0.148 e. The second-order valence-electron chi connectivity index (χ2n) is 5.38. The fraction of sp³-hybridized carbons (Fsp3) is 0.400. The van der Waals surface area contributed by atoms with Gasteiger partial charge < -0.3 is 9.47 Å². The van der Waals surface area contributed by atoms with Gasteiger partial charge in [0.15, 0.2) is 0 Å². The van der Waals surface area contributed by atoms with Crippen molar-refractivity contribution in [2.45, 2.75) is 19.9 Å². The summed E-state index contributed by atoms with van der Waals surface area (Å²) in [6.07, 6.45) is 1.08. The summed E-state index contributed by atoms with van der Waals surface area (Å²) < 4.78 is 2.46. The Bertz CT molecular complexity index is 679. The third-order valence-electron chi connectivity index (χ3n) is 4.18. The summed E-state index contributed by atoms with van der Waals surface area (Å²) in [6.45, 7) is 5.24. The zero-order valence-corrected chi connectivity index (χ0v) is 10.9. The Morgan fingerprint density at radius 2 is 2.11 bits per heavy atom.